The Morgan fingerprint density at radius 2 is 2.16 bits per heavy atom. The number of amides is 1. The number of ether oxygens (including phenoxy) is 2. The summed E-state index contributed by atoms with van der Waals surface area (Å²) in [5, 5.41) is 2.81. The molecule has 4 rings (SSSR count). The molecule has 1 heterocycles. The van der Waals surface area contributed by atoms with Crippen molar-refractivity contribution in [1.29, 1.82) is 0 Å². The third-order valence-corrected chi connectivity index (χ3v) is 6.36. The van der Waals surface area contributed by atoms with E-state index in [0.29, 0.717) is 24.9 Å². The zero-order valence-electron chi connectivity index (χ0n) is 14.9. The van der Waals surface area contributed by atoms with Crippen molar-refractivity contribution in [3.63, 3.8) is 0 Å². The first-order valence-corrected chi connectivity index (χ1v) is 9.51. The maximum absolute atomic E-state index is 12.0. The lowest BCUT2D eigenvalue weighted by molar-refractivity contribution is -0.00249. The van der Waals surface area contributed by atoms with Crippen LogP contribution in [0.25, 0.3) is 0 Å². The van der Waals surface area contributed by atoms with Gasteiger partial charge in [0.25, 0.3) is 0 Å². The van der Waals surface area contributed by atoms with Crippen LogP contribution in [-0.4, -0.2) is 31.4 Å². The van der Waals surface area contributed by atoms with Crippen LogP contribution in [0.3, 0.4) is 0 Å². The van der Waals surface area contributed by atoms with Gasteiger partial charge in [0.1, 0.15) is 5.75 Å². The second-order valence-corrected chi connectivity index (χ2v) is 8.09. The molecule has 2 bridgehead atoms. The van der Waals surface area contributed by atoms with Crippen molar-refractivity contribution in [3.8, 4) is 5.75 Å². The van der Waals surface area contributed by atoms with Crippen LogP contribution in [-0.2, 0) is 16.6 Å². The second-order valence-electron chi connectivity index (χ2n) is 8.09. The predicted molar refractivity (Wildman–Crippen MR) is 95.8 cm³/mol. The van der Waals surface area contributed by atoms with Crippen LogP contribution in [0.1, 0.15) is 50.2 Å². The molecule has 3 aliphatic rings. The summed E-state index contributed by atoms with van der Waals surface area (Å²) in [6, 6.07) is 6.34. The van der Waals surface area contributed by atoms with Crippen LogP contribution in [0.5, 0.6) is 5.75 Å². The number of carbonyl (C=O) groups is 1. The average Bonchev–Trinajstić information content (AvgIpc) is 2.55. The summed E-state index contributed by atoms with van der Waals surface area (Å²) in [6.45, 7) is 3.42. The Kier molecular flexibility index (Phi) is 4.46. The average molecular weight is 344 g/mol. The molecule has 1 aliphatic heterocycles. The molecule has 2 aliphatic carbocycles. The Balaban J connectivity index is 1.58. The highest BCUT2D eigenvalue weighted by Crippen LogP contribution is 2.46. The predicted octanol–water partition coefficient (Wildman–Crippen LogP) is 2.90. The monoisotopic (exact) mass is 344 g/mol. The van der Waals surface area contributed by atoms with Gasteiger partial charge in [0.05, 0.1) is 19.3 Å². The quantitative estimate of drug-likeness (QED) is 0.865. The van der Waals surface area contributed by atoms with E-state index in [9.17, 15) is 4.79 Å². The fourth-order valence-electron chi connectivity index (χ4n) is 4.72. The summed E-state index contributed by atoms with van der Waals surface area (Å²) in [6.07, 6.45) is 6.75. The highest BCUT2D eigenvalue weighted by Gasteiger charge is 2.43. The summed E-state index contributed by atoms with van der Waals surface area (Å²) < 4.78 is 10.6. The van der Waals surface area contributed by atoms with E-state index >= 15 is 0 Å². The van der Waals surface area contributed by atoms with E-state index in [4.69, 9.17) is 15.2 Å². The number of benzene rings is 1. The molecule has 1 aromatic rings. The van der Waals surface area contributed by atoms with Gasteiger partial charge in [-0.2, -0.15) is 0 Å². The Morgan fingerprint density at radius 1 is 1.32 bits per heavy atom. The Morgan fingerprint density at radius 3 is 2.92 bits per heavy atom. The van der Waals surface area contributed by atoms with Gasteiger partial charge >= 0.3 is 6.09 Å². The number of rotatable bonds is 2. The van der Waals surface area contributed by atoms with E-state index in [1.54, 1.807) is 0 Å². The third-order valence-electron chi connectivity index (χ3n) is 6.36. The Labute approximate surface area is 149 Å². The first-order valence-electron chi connectivity index (χ1n) is 9.51. The maximum atomic E-state index is 12.0. The topological polar surface area (TPSA) is 73.6 Å². The fourth-order valence-corrected chi connectivity index (χ4v) is 4.72. The minimum atomic E-state index is -0.408. The largest absolute Gasteiger partial charge is 0.412 e. The zero-order valence-corrected chi connectivity index (χ0v) is 14.9. The molecule has 0 aromatic heterocycles. The summed E-state index contributed by atoms with van der Waals surface area (Å²) in [7, 11) is 0. The number of nitrogens with two attached hydrogens (primary N) is 1. The van der Waals surface area contributed by atoms with E-state index in [1.165, 1.54) is 36.8 Å². The lowest BCUT2D eigenvalue weighted by Crippen LogP contribution is -2.52. The molecule has 3 N–H and O–H groups in total. The van der Waals surface area contributed by atoms with Gasteiger partial charge in [0, 0.05) is 11.5 Å². The number of nitrogens with one attached hydrogen (secondary N) is 1. The van der Waals surface area contributed by atoms with Gasteiger partial charge in [0.15, 0.2) is 0 Å². The molecule has 5 heteroatoms. The van der Waals surface area contributed by atoms with Crippen molar-refractivity contribution in [2.75, 3.05) is 13.2 Å². The van der Waals surface area contributed by atoms with Crippen molar-refractivity contribution in [3.05, 3.63) is 29.3 Å². The van der Waals surface area contributed by atoms with E-state index in [2.05, 4.69) is 18.3 Å². The molecule has 0 unspecified atom stereocenters. The van der Waals surface area contributed by atoms with E-state index in [0.717, 1.165) is 12.8 Å². The summed E-state index contributed by atoms with van der Waals surface area (Å²) >= 11 is 0. The van der Waals surface area contributed by atoms with Gasteiger partial charge in [-0.3, -0.25) is 0 Å². The third kappa shape index (κ3) is 3.15. The van der Waals surface area contributed by atoms with Crippen LogP contribution in [0, 0.1) is 5.92 Å². The fraction of sp³-hybridized carbons (Fsp3) is 0.650. The molecule has 136 valence electrons. The van der Waals surface area contributed by atoms with E-state index in [-0.39, 0.29) is 17.5 Å². The van der Waals surface area contributed by atoms with Crippen molar-refractivity contribution in [2.45, 2.75) is 62.9 Å². The molecule has 2 fully saturated rings. The molecule has 1 amide bonds. The molecule has 1 saturated heterocycles. The SMILES string of the molecule is C[C@@]12CCCCC[C@@H](Cc3ccc(OC(=O)NC4COC4)cc31)[C@@H]2N. The number of hydrogen-bond donors (Lipinski definition) is 2. The van der Waals surface area contributed by atoms with Crippen molar-refractivity contribution in [1.82, 2.24) is 5.32 Å². The van der Waals surface area contributed by atoms with Crippen molar-refractivity contribution in [2.24, 2.45) is 11.7 Å². The summed E-state index contributed by atoms with van der Waals surface area (Å²) in [5.41, 5.74) is 9.33. The van der Waals surface area contributed by atoms with Crippen molar-refractivity contribution < 1.29 is 14.3 Å². The Hall–Kier alpha value is -1.59. The van der Waals surface area contributed by atoms with Crippen LogP contribution < -0.4 is 15.8 Å². The van der Waals surface area contributed by atoms with Gasteiger partial charge in [0.2, 0.25) is 0 Å². The number of carbonyl (C=O) groups excluding carboxylic acids is 1. The van der Waals surface area contributed by atoms with Gasteiger partial charge < -0.3 is 20.5 Å². The van der Waals surface area contributed by atoms with Gasteiger partial charge in [-0.05, 0) is 48.4 Å². The number of hydrogen-bond acceptors (Lipinski definition) is 4. The van der Waals surface area contributed by atoms with Crippen LogP contribution in [0.4, 0.5) is 4.79 Å². The lowest BCUT2D eigenvalue weighted by Gasteiger charge is -2.47. The molecular weight excluding hydrogens is 316 g/mol. The van der Waals surface area contributed by atoms with Crippen molar-refractivity contribution >= 4 is 6.09 Å². The maximum Gasteiger partial charge on any atom is 0.412 e. The molecular formula is C20H28N2O3. The van der Waals surface area contributed by atoms with Crippen LogP contribution in [0.15, 0.2) is 18.2 Å². The second kappa shape index (κ2) is 6.61. The summed E-state index contributed by atoms with van der Waals surface area (Å²) in [5.74, 6) is 1.16. The molecule has 3 atom stereocenters. The molecule has 0 spiro atoms. The first kappa shape index (κ1) is 16.9. The molecule has 25 heavy (non-hydrogen) atoms. The normalized spacial score (nSPS) is 31.9. The highest BCUT2D eigenvalue weighted by molar-refractivity contribution is 5.71. The lowest BCUT2D eigenvalue weighted by atomic mass is 9.60. The molecule has 5 nitrogen and oxygen atoms in total. The first-order chi connectivity index (χ1) is 12.1. The van der Waals surface area contributed by atoms with Gasteiger partial charge in [-0.25, -0.2) is 4.79 Å². The highest BCUT2D eigenvalue weighted by atomic mass is 16.6. The summed E-state index contributed by atoms with van der Waals surface area (Å²) in [4.78, 5) is 12.0. The van der Waals surface area contributed by atoms with E-state index < -0.39 is 6.09 Å². The van der Waals surface area contributed by atoms with Gasteiger partial charge in [-0.15, -0.1) is 0 Å². The molecule has 1 aromatic carbocycles. The van der Waals surface area contributed by atoms with Crippen LogP contribution in [0.2, 0.25) is 0 Å². The minimum absolute atomic E-state index is 0.0314. The molecule has 1 saturated carbocycles. The zero-order chi connectivity index (χ0) is 17.4. The van der Waals surface area contributed by atoms with E-state index in [1.807, 2.05) is 12.1 Å². The standard InChI is InChI=1S/C20H28N2O3/c1-20-8-4-2-3-5-14(18(20)21)9-13-6-7-16(10-17(13)20)25-19(23)22-15-11-24-12-15/h6-7,10,14-15,18H,2-5,8-9,11-12,21H2,1H3,(H,22,23)/t14-,18-,20+/m0/s1. The van der Waals surface area contributed by atoms with Gasteiger partial charge in [-0.1, -0.05) is 32.3 Å². The molecule has 0 radical (unpaired) electrons. The van der Waals surface area contributed by atoms with Crippen LogP contribution >= 0.6 is 0 Å². The minimum Gasteiger partial charge on any atom is -0.410 e. The number of fused-ring (bicyclic) bond motifs is 4. The smallest absolute Gasteiger partial charge is 0.410 e. The Bertz CT molecular complexity index is 658.